The van der Waals surface area contributed by atoms with E-state index in [0.717, 1.165) is 61.4 Å². The molecule has 2 saturated carbocycles. The van der Waals surface area contributed by atoms with Crippen LogP contribution < -0.4 is 5.32 Å². The standard InChI is InChI=1S/C28H35FN4O2/c1-17-5-6-22(29)13-24(17)26-14-25(18-3-2-4-18)27(32-31-26)30-23-11-20-15-33(16-21(20)12-23)28(34)19-7-9-35-10-8-19/h5-6,13-14,18-21,23H,2-4,7-12,15-16H2,1H3,(H,30,32)/t20-,21+,23+. The van der Waals surface area contributed by atoms with E-state index in [1.807, 2.05) is 6.92 Å². The van der Waals surface area contributed by atoms with Crippen molar-refractivity contribution < 1.29 is 13.9 Å². The Hall–Kier alpha value is -2.54. The van der Waals surface area contributed by atoms with Gasteiger partial charge in [-0.25, -0.2) is 4.39 Å². The molecule has 6 nitrogen and oxygen atoms in total. The molecule has 2 aromatic rings. The van der Waals surface area contributed by atoms with Crippen molar-refractivity contribution in [3.63, 3.8) is 0 Å². The predicted octanol–water partition coefficient (Wildman–Crippen LogP) is 4.93. The van der Waals surface area contributed by atoms with Gasteiger partial charge in [-0.15, -0.1) is 10.2 Å². The van der Waals surface area contributed by atoms with Crippen LogP contribution in [0.4, 0.5) is 10.2 Å². The van der Waals surface area contributed by atoms with Crippen LogP contribution in [0.15, 0.2) is 24.3 Å². The number of hydrogen-bond donors (Lipinski definition) is 1. The normalized spacial score (nSPS) is 27.0. The van der Waals surface area contributed by atoms with Gasteiger partial charge in [-0.3, -0.25) is 4.79 Å². The summed E-state index contributed by atoms with van der Waals surface area (Å²) in [4.78, 5) is 15.1. The van der Waals surface area contributed by atoms with Gasteiger partial charge in [0.2, 0.25) is 5.91 Å². The van der Waals surface area contributed by atoms with Crippen molar-refractivity contribution >= 4 is 11.7 Å². The number of amides is 1. The van der Waals surface area contributed by atoms with Crippen LogP contribution in [0.1, 0.15) is 62.0 Å². The second kappa shape index (κ2) is 9.49. The smallest absolute Gasteiger partial charge is 0.225 e. The van der Waals surface area contributed by atoms with Crippen LogP contribution in [0.25, 0.3) is 11.3 Å². The number of halogens is 1. The largest absolute Gasteiger partial charge is 0.381 e. The number of ether oxygens (including phenoxy) is 1. The SMILES string of the molecule is Cc1ccc(F)cc1-c1cc(C2CCC2)c(N[C@H]2C[C@@H]3CN(C(=O)C4CCOCC4)C[C@@H]3C2)nn1. The van der Waals surface area contributed by atoms with E-state index < -0.39 is 0 Å². The number of carbonyl (C=O) groups excluding carboxylic acids is 1. The lowest BCUT2D eigenvalue weighted by atomic mass is 9.80. The molecule has 186 valence electrons. The molecule has 2 aliphatic carbocycles. The molecule has 4 fully saturated rings. The minimum atomic E-state index is -0.248. The maximum absolute atomic E-state index is 13.9. The van der Waals surface area contributed by atoms with Gasteiger partial charge >= 0.3 is 0 Å². The molecule has 0 radical (unpaired) electrons. The first-order valence-corrected chi connectivity index (χ1v) is 13.3. The van der Waals surface area contributed by atoms with Crippen LogP contribution in [-0.2, 0) is 9.53 Å². The molecule has 2 saturated heterocycles. The number of benzene rings is 1. The number of likely N-dealkylation sites (tertiary alicyclic amines) is 1. The molecular formula is C28H35FN4O2. The van der Waals surface area contributed by atoms with Gasteiger partial charge < -0.3 is 15.0 Å². The molecular weight excluding hydrogens is 443 g/mol. The molecule has 1 aromatic heterocycles. The van der Waals surface area contributed by atoms with E-state index in [1.165, 1.54) is 30.9 Å². The molecule has 1 amide bonds. The molecule has 1 aromatic carbocycles. The minimum absolute atomic E-state index is 0.150. The molecule has 0 unspecified atom stereocenters. The molecule has 35 heavy (non-hydrogen) atoms. The van der Waals surface area contributed by atoms with Gasteiger partial charge in [0.25, 0.3) is 0 Å². The summed E-state index contributed by atoms with van der Waals surface area (Å²) in [5, 5.41) is 12.9. The molecule has 0 bridgehead atoms. The maximum Gasteiger partial charge on any atom is 0.225 e. The van der Waals surface area contributed by atoms with E-state index in [1.54, 1.807) is 12.1 Å². The summed E-state index contributed by atoms with van der Waals surface area (Å²) in [6.07, 6.45) is 7.44. The summed E-state index contributed by atoms with van der Waals surface area (Å²) in [6, 6.07) is 7.34. The van der Waals surface area contributed by atoms with E-state index in [2.05, 4.69) is 26.5 Å². The average Bonchev–Trinajstić information content (AvgIpc) is 3.39. The number of anilines is 1. The Morgan fingerprint density at radius 3 is 2.49 bits per heavy atom. The lowest BCUT2D eigenvalue weighted by Crippen LogP contribution is -2.38. The fourth-order valence-corrected chi connectivity index (χ4v) is 6.54. The van der Waals surface area contributed by atoms with Crippen LogP contribution in [0.2, 0.25) is 0 Å². The van der Waals surface area contributed by atoms with Gasteiger partial charge in [0.05, 0.1) is 5.69 Å². The predicted molar refractivity (Wildman–Crippen MR) is 133 cm³/mol. The number of aromatic nitrogens is 2. The number of hydrogen-bond acceptors (Lipinski definition) is 5. The first-order valence-electron chi connectivity index (χ1n) is 13.3. The van der Waals surface area contributed by atoms with Gasteiger partial charge in [-0.2, -0.15) is 0 Å². The van der Waals surface area contributed by atoms with Gasteiger partial charge in [-0.1, -0.05) is 12.5 Å². The molecule has 1 N–H and O–H groups in total. The Morgan fingerprint density at radius 2 is 1.80 bits per heavy atom. The second-order valence-electron chi connectivity index (χ2n) is 11.1. The van der Waals surface area contributed by atoms with Crippen molar-refractivity contribution in [3.05, 3.63) is 41.2 Å². The fraction of sp³-hybridized carbons (Fsp3) is 0.607. The van der Waals surface area contributed by atoms with Crippen molar-refractivity contribution in [2.45, 2.75) is 63.8 Å². The van der Waals surface area contributed by atoms with Crippen molar-refractivity contribution in [2.24, 2.45) is 17.8 Å². The second-order valence-corrected chi connectivity index (χ2v) is 11.1. The van der Waals surface area contributed by atoms with Crippen molar-refractivity contribution in [2.75, 3.05) is 31.6 Å². The molecule has 4 aliphatic rings. The summed E-state index contributed by atoms with van der Waals surface area (Å²) >= 11 is 0. The molecule has 2 aliphatic heterocycles. The lowest BCUT2D eigenvalue weighted by molar-refractivity contribution is -0.137. The number of rotatable bonds is 5. The zero-order valence-electron chi connectivity index (χ0n) is 20.5. The highest BCUT2D eigenvalue weighted by molar-refractivity contribution is 5.79. The Balaban J connectivity index is 1.14. The van der Waals surface area contributed by atoms with Gasteiger partial charge in [0.15, 0.2) is 5.82 Å². The topological polar surface area (TPSA) is 67.4 Å². The third-order valence-corrected chi connectivity index (χ3v) is 8.82. The van der Waals surface area contributed by atoms with Crippen LogP contribution in [0.3, 0.4) is 0 Å². The highest BCUT2D eigenvalue weighted by atomic mass is 19.1. The van der Waals surface area contributed by atoms with E-state index in [0.29, 0.717) is 42.9 Å². The van der Waals surface area contributed by atoms with Crippen LogP contribution in [0.5, 0.6) is 0 Å². The third kappa shape index (κ3) is 4.55. The lowest BCUT2D eigenvalue weighted by Gasteiger charge is -2.29. The molecule has 0 spiro atoms. The summed E-state index contributed by atoms with van der Waals surface area (Å²) in [5.41, 5.74) is 3.79. The highest BCUT2D eigenvalue weighted by Gasteiger charge is 2.44. The number of aryl methyl sites for hydroxylation is 1. The van der Waals surface area contributed by atoms with Crippen LogP contribution in [0, 0.1) is 30.5 Å². The maximum atomic E-state index is 13.9. The quantitative estimate of drug-likeness (QED) is 0.660. The Labute approximate surface area is 206 Å². The number of carbonyl (C=O) groups is 1. The van der Waals surface area contributed by atoms with E-state index in [-0.39, 0.29) is 11.7 Å². The molecule has 6 rings (SSSR count). The van der Waals surface area contributed by atoms with E-state index >= 15 is 0 Å². The minimum Gasteiger partial charge on any atom is -0.381 e. The zero-order valence-corrected chi connectivity index (χ0v) is 20.5. The van der Waals surface area contributed by atoms with Crippen molar-refractivity contribution in [1.82, 2.24) is 15.1 Å². The van der Waals surface area contributed by atoms with Gasteiger partial charge in [0, 0.05) is 49.4 Å². The summed E-state index contributed by atoms with van der Waals surface area (Å²) < 4.78 is 19.4. The monoisotopic (exact) mass is 478 g/mol. The molecule has 3 heterocycles. The molecule has 7 heteroatoms. The fourth-order valence-electron chi connectivity index (χ4n) is 6.54. The van der Waals surface area contributed by atoms with Crippen LogP contribution >= 0.6 is 0 Å². The van der Waals surface area contributed by atoms with Crippen LogP contribution in [-0.4, -0.2) is 53.3 Å². The third-order valence-electron chi connectivity index (χ3n) is 8.82. The Morgan fingerprint density at radius 1 is 1.06 bits per heavy atom. The summed E-state index contributed by atoms with van der Waals surface area (Å²) in [6.45, 7) is 5.19. The zero-order chi connectivity index (χ0) is 23.9. The van der Waals surface area contributed by atoms with Gasteiger partial charge in [-0.05, 0) is 87.0 Å². The summed E-state index contributed by atoms with van der Waals surface area (Å²) in [5.74, 6) is 2.75. The van der Waals surface area contributed by atoms with E-state index in [9.17, 15) is 9.18 Å². The first kappa shape index (κ1) is 22.9. The number of fused-ring (bicyclic) bond motifs is 1. The average molecular weight is 479 g/mol. The number of nitrogens with one attached hydrogen (secondary N) is 1. The molecule has 3 atom stereocenters. The highest BCUT2D eigenvalue weighted by Crippen LogP contribution is 2.43. The van der Waals surface area contributed by atoms with Crippen molar-refractivity contribution in [1.29, 1.82) is 0 Å². The Bertz CT molecular complexity index is 1080. The first-order chi connectivity index (χ1) is 17.0. The Kier molecular flexibility index (Phi) is 6.21. The summed E-state index contributed by atoms with van der Waals surface area (Å²) in [7, 11) is 0. The van der Waals surface area contributed by atoms with Gasteiger partial charge in [0.1, 0.15) is 5.82 Å². The number of nitrogens with zero attached hydrogens (tertiary/aromatic N) is 3. The van der Waals surface area contributed by atoms with Crippen molar-refractivity contribution in [3.8, 4) is 11.3 Å². The van der Waals surface area contributed by atoms with E-state index in [4.69, 9.17) is 4.74 Å².